The first kappa shape index (κ1) is 32.5. The number of carbonyl (C=O) groups is 1. The molecule has 0 radical (unpaired) electrons. The second kappa shape index (κ2) is 12.1. The molecular weight excluding hydrogens is 612 g/mol. The van der Waals surface area contributed by atoms with Crippen molar-refractivity contribution in [3.05, 3.63) is 65.1 Å². The number of rotatable bonds is 8. The zero-order valence-electron chi connectivity index (χ0n) is 25.4. The van der Waals surface area contributed by atoms with Gasteiger partial charge in [-0.15, -0.1) is 0 Å². The number of carbonyl (C=O) groups excluding carboxylic acids is 1. The van der Waals surface area contributed by atoms with Crippen molar-refractivity contribution >= 4 is 27.5 Å². The minimum absolute atomic E-state index is 0.0590. The van der Waals surface area contributed by atoms with Gasteiger partial charge >= 0.3 is 0 Å². The maximum absolute atomic E-state index is 15.8. The number of aromatic nitrogens is 2. The summed E-state index contributed by atoms with van der Waals surface area (Å²) >= 11 is 0. The molecular formula is C31H36F4N6O3S. The predicted octanol–water partition coefficient (Wildman–Crippen LogP) is 5.36. The van der Waals surface area contributed by atoms with E-state index in [0.29, 0.717) is 43.9 Å². The van der Waals surface area contributed by atoms with Crippen LogP contribution in [0.5, 0.6) is 0 Å². The lowest BCUT2D eigenvalue weighted by Crippen LogP contribution is -2.47. The van der Waals surface area contributed by atoms with Gasteiger partial charge < -0.3 is 11.1 Å². The van der Waals surface area contributed by atoms with Crippen LogP contribution in [0.1, 0.15) is 70.7 Å². The molecule has 4 N–H and O–H groups in total. The van der Waals surface area contributed by atoms with Crippen LogP contribution in [-0.2, 0) is 20.2 Å². The van der Waals surface area contributed by atoms with Gasteiger partial charge in [-0.05, 0) is 70.6 Å². The van der Waals surface area contributed by atoms with Gasteiger partial charge in [0.15, 0.2) is 6.17 Å². The molecule has 2 aromatic carbocycles. The number of nitrogens with one attached hydrogen (secondary N) is 2. The summed E-state index contributed by atoms with van der Waals surface area (Å²) in [6.45, 7) is 7.38. The number of hydrogen-bond acceptors (Lipinski definition) is 6. The third kappa shape index (κ3) is 6.03. The third-order valence-electron chi connectivity index (χ3n) is 8.79. The summed E-state index contributed by atoms with van der Waals surface area (Å²) in [5.74, 6) is -3.56. The summed E-state index contributed by atoms with van der Waals surface area (Å²) in [6.07, 6.45) is 1.09. The van der Waals surface area contributed by atoms with Crippen molar-refractivity contribution in [3.8, 4) is 11.3 Å². The van der Waals surface area contributed by atoms with E-state index in [-0.39, 0.29) is 35.1 Å². The van der Waals surface area contributed by atoms with E-state index >= 15 is 8.78 Å². The summed E-state index contributed by atoms with van der Waals surface area (Å²) in [6, 6.07) is 5.75. The average molecular weight is 649 g/mol. The molecule has 2 unspecified atom stereocenters. The molecule has 1 aliphatic carbocycles. The highest BCUT2D eigenvalue weighted by molar-refractivity contribution is 7.92. The highest BCUT2D eigenvalue weighted by Crippen LogP contribution is 2.47. The van der Waals surface area contributed by atoms with Crippen molar-refractivity contribution in [3.63, 3.8) is 0 Å². The summed E-state index contributed by atoms with van der Waals surface area (Å²) in [5, 5.41) is 7.46. The molecule has 1 saturated carbocycles. The van der Waals surface area contributed by atoms with E-state index < -0.39 is 55.6 Å². The maximum atomic E-state index is 15.8. The van der Waals surface area contributed by atoms with Crippen molar-refractivity contribution < 1.29 is 30.8 Å². The number of nitrogens with zero attached hydrogens (tertiary/aromatic N) is 3. The summed E-state index contributed by atoms with van der Waals surface area (Å²) < 4.78 is 88.0. The minimum Gasteiger partial charge on any atom is -0.383 e. The van der Waals surface area contributed by atoms with Crippen LogP contribution in [0.15, 0.2) is 46.3 Å². The largest absolute Gasteiger partial charge is 0.383 e. The highest BCUT2D eigenvalue weighted by Gasteiger charge is 2.46. The molecule has 0 spiro atoms. The van der Waals surface area contributed by atoms with Crippen LogP contribution in [0.2, 0.25) is 0 Å². The number of aliphatic imine (C=N–C) groups is 1. The topological polar surface area (TPSA) is 131 Å². The molecule has 5 rings (SSSR count). The Morgan fingerprint density at radius 2 is 1.71 bits per heavy atom. The molecule has 1 amide bonds. The Morgan fingerprint density at radius 1 is 1.04 bits per heavy atom. The SMILES string of the molecule is CC(F)C(=O)NC1CCC(C2(C)CN=C(N)c3c(-c4cc(F)c(NS(=O)(=O)c5ccccc5F)cc4F)nn(C(C)C)c32)CC1. The van der Waals surface area contributed by atoms with Crippen LogP contribution in [0, 0.1) is 23.4 Å². The number of sulfonamides is 1. The number of hydrogen-bond donors (Lipinski definition) is 3. The Balaban J connectivity index is 1.51. The molecule has 1 aromatic heterocycles. The molecule has 2 atom stereocenters. The number of halogens is 4. The van der Waals surface area contributed by atoms with Gasteiger partial charge in [-0.25, -0.2) is 26.0 Å². The van der Waals surface area contributed by atoms with Crippen LogP contribution in [0.4, 0.5) is 23.2 Å². The van der Waals surface area contributed by atoms with Crippen molar-refractivity contribution in [2.45, 2.75) is 81.9 Å². The molecule has 1 fully saturated rings. The van der Waals surface area contributed by atoms with E-state index in [1.165, 1.54) is 19.1 Å². The van der Waals surface area contributed by atoms with E-state index in [4.69, 9.17) is 10.8 Å². The van der Waals surface area contributed by atoms with E-state index in [0.717, 1.165) is 23.9 Å². The summed E-state index contributed by atoms with van der Waals surface area (Å²) in [4.78, 5) is 15.8. The number of amidine groups is 1. The summed E-state index contributed by atoms with van der Waals surface area (Å²) in [7, 11) is -4.57. The molecule has 242 valence electrons. The Morgan fingerprint density at radius 3 is 2.33 bits per heavy atom. The van der Waals surface area contributed by atoms with Gasteiger partial charge in [0.25, 0.3) is 15.9 Å². The van der Waals surface area contributed by atoms with Gasteiger partial charge in [-0.1, -0.05) is 19.1 Å². The van der Waals surface area contributed by atoms with Crippen LogP contribution < -0.4 is 15.8 Å². The molecule has 1 aliphatic heterocycles. The standard InChI is InChI=1S/C31H36F4N6O3S/c1-16(2)41-28-26(29(36)37-15-31(28,4)18-9-11-19(12-10-18)38-30(42)17(3)32)27(39-41)20-13-23(35)24(14-22(20)34)40-45(43,44)25-8-6-5-7-21(25)33/h5-8,13-14,16-19,40H,9-12,15H2,1-4H3,(H2,36,37)(H,38,42). The quantitative estimate of drug-likeness (QED) is 0.283. The van der Waals surface area contributed by atoms with Crippen molar-refractivity contribution in [1.29, 1.82) is 0 Å². The highest BCUT2D eigenvalue weighted by atomic mass is 32.2. The van der Waals surface area contributed by atoms with Crippen LogP contribution in [0.25, 0.3) is 11.3 Å². The van der Waals surface area contributed by atoms with Crippen LogP contribution in [-0.4, -0.2) is 48.7 Å². The Bertz CT molecular complexity index is 1770. The van der Waals surface area contributed by atoms with Crippen LogP contribution in [0.3, 0.4) is 0 Å². The first-order valence-corrected chi connectivity index (χ1v) is 16.3. The lowest BCUT2D eigenvalue weighted by atomic mass is 9.65. The molecule has 2 aliphatic rings. The molecule has 0 saturated heterocycles. The van der Waals surface area contributed by atoms with E-state index in [1.807, 2.05) is 25.5 Å². The second-order valence-electron chi connectivity index (χ2n) is 12.3. The van der Waals surface area contributed by atoms with Crippen molar-refractivity contribution in [2.24, 2.45) is 16.6 Å². The fraction of sp³-hybridized carbons (Fsp3) is 0.452. The zero-order chi connectivity index (χ0) is 32.8. The smallest absolute Gasteiger partial charge is 0.264 e. The number of anilines is 1. The minimum atomic E-state index is -4.57. The lowest BCUT2D eigenvalue weighted by molar-refractivity contribution is -0.126. The molecule has 9 nitrogen and oxygen atoms in total. The monoisotopic (exact) mass is 648 g/mol. The number of benzene rings is 2. The van der Waals surface area contributed by atoms with Gasteiger partial charge in [0.2, 0.25) is 0 Å². The van der Waals surface area contributed by atoms with Crippen LogP contribution >= 0.6 is 0 Å². The van der Waals surface area contributed by atoms with Gasteiger partial charge in [-0.3, -0.25) is 19.2 Å². The number of nitrogens with two attached hydrogens (primary N) is 1. The number of alkyl halides is 1. The first-order valence-electron chi connectivity index (χ1n) is 14.8. The van der Waals surface area contributed by atoms with Gasteiger partial charge in [0, 0.05) is 29.1 Å². The zero-order valence-corrected chi connectivity index (χ0v) is 26.2. The molecule has 14 heteroatoms. The Labute approximate surface area is 259 Å². The van der Waals surface area contributed by atoms with E-state index in [1.54, 1.807) is 4.68 Å². The van der Waals surface area contributed by atoms with E-state index in [2.05, 4.69) is 10.3 Å². The Kier molecular flexibility index (Phi) is 8.73. The first-order chi connectivity index (χ1) is 21.1. The fourth-order valence-electron chi connectivity index (χ4n) is 6.37. The molecule has 45 heavy (non-hydrogen) atoms. The third-order valence-corrected chi connectivity index (χ3v) is 10.2. The van der Waals surface area contributed by atoms with Crippen molar-refractivity contribution in [1.82, 2.24) is 15.1 Å². The maximum Gasteiger partial charge on any atom is 0.264 e. The second-order valence-corrected chi connectivity index (χ2v) is 13.9. The molecule has 2 heterocycles. The van der Waals surface area contributed by atoms with Gasteiger partial charge in [-0.2, -0.15) is 5.10 Å². The number of fused-ring (bicyclic) bond motifs is 1. The Hall–Kier alpha value is -3.94. The summed E-state index contributed by atoms with van der Waals surface area (Å²) in [5.41, 5.74) is 6.02. The lowest BCUT2D eigenvalue weighted by Gasteiger charge is -2.43. The molecule has 3 aromatic rings. The van der Waals surface area contributed by atoms with E-state index in [9.17, 15) is 22.0 Å². The van der Waals surface area contributed by atoms with Crippen molar-refractivity contribution in [2.75, 3.05) is 11.3 Å². The average Bonchev–Trinajstić information content (AvgIpc) is 3.40. The normalized spacial score (nSPS) is 22.5. The van der Waals surface area contributed by atoms with Gasteiger partial charge in [0.1, 0.15) is 33.9 Å². The fourth-order valence-corrected chi connectivity index (χ4v) is 7.51. The predicted molar refractivity (Wildman–Crippen MR) is 163 cm³/mol. The molecule has 0 bridgehead atoms. The van der Waals surface area contributed by atoms with Gasteiger partial charge in [0.05, 0.1) is 23.5 Å². The number of amides is 1.